The van der Waals surface area contributed by atoms with Gasteiger partial charge in [0.25, 0.3) is 0 Å². The van der Waals surface area contributed by atoms with Gasteiger partial charge >= 0.3 is 5.97 Å². The van der Waals surface area contributed by atoms with Gasteiger partial charge < -0.3 is 10.2 Å². The van der Waals surface area contributed by atoms with Gasteiger partial charge in [-0.2, -0.15) is 0 Å². The van der Waals surface area contributed by atoms with E-state index in [1.807, 2.05) is 4.90 Å². The summed E-state index contributed by atoms with van der Waals surface area (Å²) < 4.78 is 0. The fraction of sp³-hybridized carbons (Fsp3) is 0.900. The Labute approximate surface area is 84.5 Å². The van der Waals surface area contributed by atoms with Crippen LogP contribution in [-0.4, -0.2) is 46.3 Å². The van der Waals surface area contributed by atoms with Crippen molar-refractivity contribution in [3.05, 3.63) is 0 Å². The van der Waals surface area contributed by atoms with Crippen LogP contribution in [0, 0.1) is 5.92 Å². The van der Waals surface area contributed by atoms with Crippen LogP contribution in [0.4, 0.5) is 0 Å². The average Bonchev–Trinajstić information content (AvgIpc) is 2.16. The highest BCUT2D eigenvalue weighted by Crippen LogP contribution is 2.21. The molecule has 0 aromatic rings. The molecule has 1 aliphatic heterocycles. The Hall–Kier alpha value is -0.610. The lowest BCUT2D eigenvalue weighted by molar-refractivity contribution is -0.143. The molecule has 0 aliphatic carbocycles. The number of aliphatic hydroxyl groups excluding tert-OH is 1. The van der Waals surface area contributed by atoms with Crippen LogP contribution in [0.25, 0.3) is 0 Å². The van der Waals surface area contributed by atoms with Crippen molar-refractivity contribution in [3.8, 4) is 0 Å². The molecule has 0 amide bonds. The number of aliphatic hydroxyl groups is 1. The molecule has 1 fully saturated rings. The van der Waals surface area contributed by atoms with Crippen LogP contribution in [0.15, 0.2) is 0 Å². The lowest BCUT2D eigenvalue weighted by atomic mass is 9.92. The normalized spacial score (nSPS) is 28.4. The number of carbonyl (C=O) groups is 1. The van der Waals surface area contributed by atoms with Crippen molar-refractivity contribution in [2.24, 2.45) is 5.92 Å². The zero-order valence-electron chi connectivity index (χ0n) is 8.81. The predicted octanol–water partition coefficient (Wildman–Crippen LogP) is 0.552. The van der Waals surface area contributed by atoms with Crippen molar-refractivity contribution in [2.75, 3.05) is 13.1 Å². The molecule has 0 aromatic carbocycles. The van der Waals surface area contributed by atoms with E-state index in [9.17, 15) is 9.90 Å². The van der Waals surface area contributed by atoms with Crippen LogP contribution in [0.5, 0.6) is 0 Å². The summed E-state index contributed by atoms with van der Waals surface area (Å²) in [4.78, 5) is 12.7. The van der Waals surface area contributed by atoms with E-state index < -0.39 is 12.0 Å². The first kappa shape index (κ1) is 11.5. The van der Waals surface area contributed by atoms with Gasteiger partial charge in [-0.3, -0.25) is 9.69 Å². The van der Waals surface area contributed by atoms with Crippen LogP contribution in [0.3, 0.4) is 0 Å². The van der Waals surface area contributed by atoms with Gasteiger partial charge in [0, 0.05) is 6.54 Å². The Morgan fingerprint density at radius 2 is 2.14 bits per heavy atom. The second-order valence-corrected chi connectivity index (χ2v) is 4.15. The first-order chi connectivity index (χ1) is 6.52. The van der Waals surface area contributed by atoms with Gasteiger partial charge in [0.15, 0.2) is 0 Å². The summed E-state index contributed by atoms with van der Waals surface area (Å²) in [6, 6.07) is -0.434. The molecule has 1 aliphatic rings. The predicted molar refractivity (Wildman–Crippen MR) is 53.1 cm³/mol. The molecule has 0 bridgehead atoms. The molecule has 4 nitrogen and oxygen atoms in total. The molecule has 0 unspecified atom stereocenters. The van der Waals surface area contributed by atoms with Crippen molar-refractivity contribution >= 4 is 5.97 Å². The van der Waals surface area contributed by atoms with E-state index in [2.05, 4.69) is 0 Å². The van der Waals surface area contributed by atoms with E-state index in [0.717, 1.165) is 19.4 Å². The minimum atomic E-state index is -0.781. The van der Waals surface area contributed by atoms with Gasteiger partial charge in [-0.25, -0.2) is 0 Å². The molecule has 3 atom stereocenters. The molecular formula is C10H19NO3. The van der Waals surface area contributed by atoms with Crippen molar-refractivity contribution in [3.63, 3.8) is 0 Å². The van der Waals surface area contributed by atoms with Gasteiger partial charge in [0.2, 0.25) is 0 Å². The summed E-state index contributed by atoms with van der Waals surface area (Å²) in [5.74, 6) is -0.554. The third-order valence-electron chi connectivity index (χ3n) is 3.08. The highest BCUT2D eigenvalue weighted by atomic mass is 16.4. The van der Waals surface area contributed by atoms with Crippen molar-refractivity contribution in [2.45, 2.75) is 38.8 Å². The van der Waals surface area contributed by atoms with Crippen LogP contribution in [0.2, 0.25) is 0 Å². The minimum absolute atomic E-state index is 0.227. The van der Waals surface area contributed by atoms with Gasteiger partial charge in [-0.15, -0.1) is 0 Å². The third-order valence-corrected chi connectivity index (χ3v) is 3.08. The fourth-order valence-electron chi connectivity index (χ4n) is 1.94. The van der Waals surface area contributed by atoms with Crippen LogP contribution < -0.4 is 0 Å². The lowest BCUT2D eigenvalue weighted by Gasteiger charge is -2.36. The molecule has 0 aromatic heterocycles. The van der Waals surface area contributed by atoms with Crippen molar-refractivity contribution in [1.29, 1.82) is 0 Å². The molecule has 1 rings (SSSR count). The highest BCUT2D eigenvalue weighted by Gasteiger charge is 2.28. The number of rotatable bonds is 3. The average molecular weight is 201 g/mol. The van der Waals surface area contributed by atoms with Gasteiger partial charge in [-0.05, 0) is 39.2 Å². The smallest absolute Gasteiger partial charge is 0.320 e. The van der Waals surface area contributed by atoms with Crippen LogP contribution in [0.1, 0.15) is 26.7 Å². The summed E-state index contributed by atoms with van der Waals surface area (Å²) in [5, 5.41) is 18.3. The summed E-state index contributed by atoms with van der Waals surface area (Å²) in [6.07, 6.45) is 1.65. The van der Waals surface area contributed by atoms with E-state index in [4.69, 9.17) is 5.11 Å². The number of likely N-dealkylation sites (tertiary alicyclic amines) is 1. The topological polar surface area (TPSA) is 60.8 Å². The molecule has 0 spiro atoms. The molecule has 14 heavy (non-hydrogen) atoms. The van der Waals surface area contributed by atoms with Gasteiger partial charge in [-0.1, -0.05) is 0 Å². The number of aliphatic carboxylic acids is 1. The van der Waals surface area contributed by atoms with Crippen LogP contribution in [-0.2, 0) is 4.79 Å². The van der Waals surface area contributed by atoms with E-state index in [-0.39, 0.29) is 12.0 Å². The van der Waals surface area contributed by atoms with E-state index in [0.29, 0.717) is 6.54 Å². The SMILES string of the molecule is C[C@H](O)[C@@H]1CCCN([C@@H](C)C(=O)O)C1. The summed E-state index contributed by atoms with van der Waals surface area (Å²) in [5.41, 5.74) is 0. The summed E-state index contributed by atoms with van der Waals surface area (Å²) in [7, 11) is 0. The van der Waals surface area contributed by atoms with Gasteiger partial charge in [0.1, 0.15) is 6.04 Å². The zero-order chi connectivity index (χ0) is 10.7. The Morgan fingerprint density at radius 3 is 2.64 bits per heavy atom. The number of hydrogen-bond acceptors (Lipinski definition) is 3. The maximum atomic E-state index is 10.8. The number of carboxylic acid groups (broad SMARTS) is 1. The maximum Gasteiger partial charge on any atom is 0.320 e. The molecule has 4 heteroatoms. The quantitative estimate of drug-likeness (QED) is 0.700. The Kier molecular flexibility index (Phi) is 3.89. The Bertz CT molecular complexity index is 206. The summed E-state index contributed by atoms with van der Waals surface area (Å²) in [6.45, 7) is 5.01. The standard InChI is InChI=1S/C10H19NO3/c1-7(10(13)14)11-5-3-4-9(6-11)8(2)12/h7-9,12H,3-6H2,1-2H3,(H,13,14)/t7-,8-,9+/m0/s1. The molecule has 1 saturated heterocycles. The number of carboxylic acids is 1. The first-order valence-corrected chi connectivity index (χ1v) is 5.17. The van der Waals surface area contributed by atoms with E-state index in [1.54, 1.807) is 13.8 Å². The van der Waals surface area contributed by atoms with Crippen molar-refractivity contribution < 1.29 is 15.0 Å². The lowest BCUT2D eigenvalue weighted by Crippen LogP contribution is -2.47. The second kappa shape index (κ2) is 4.75. The van der Waals surface area contributed by atoms with Crippen LogP contribution >= 0.6 is 0 Å². The fourth-order valence-corrected chi connectivity index (χ4v) is 1.94. The van der Waals surface area contributed by atoms with Gasteiger partial charge in [0.05, 0.1) is 6.10 Å². The molecule has 0 saturated carbocycles. The molecule has 0 radical (unpaired) electrons. The largest absolute Gasteiger partial charge is 0.480 e. The van der Waals surface area contributed by atoms with Crippen molar-refractivity contribution in [1.82, 2.24) is 4.90 Å². The first-order valence-electron chi connectivity index (χ1n) is 5.17. The minimum Gasteiger partial charge on any atom is -0.480 e. The maximum absolute atomic E-state index is 10.8. The molecule has 82 valence electrons. The Morgan fingerprint density at radius 1 is 1.50 bits per heavy atom. The second-order valence-electron chi connectivity index (χ2n) is 4.15. The highest BCUT2D eigenvalue weighted by molar-refractivity contribution is 5.72. The van der Waals surface area contributed by atoms with E-state index in [1.165, 1.54) is 0 Å². The number of hydrogen-bond donors (Lipinski definition) is 2. The molecular weight excluding hydrogens is 182 g/mol. The summed E-state index contributed by atoms with van der Waals surface area (Å²) >= 11 is 0. The Balaban J connectivity index is 2.51. The number of piperidine rings is 1. The number of nitrogens with zero attached hydrogens (tertiary/aromatic N) is 1. The third kappa shape index (κ3) is 2.69. The molecule has 2 N–H and O–H groups in total. The monoisotopic (exact) mass is 201 g/mol. The molecule has 1 heterocycles. The zero-order valence-corrected chi connectivity index (χ0v) is 8.81. The van der Waals surface area contributed by atoms with E-state index >= 15 is 0 Å².